The molecule has 1 aliphatic rings. The van der Waals surface area contributed by atoms with Gasteiger partial charge in [0.1, 0.15) is 6.04 Å². The van der Waals surface area contributed by atoms with E-state index in [4.69, 9.17) is 11.6 Å². The van der Waals surface area contributed by atoms with Gasteiger partial charge in [0, 0.05) is 23.0 Å². The molecule has 0 spiro atoms. The van der Waals surface area contributed by atoms with Crippen molar-refractivity contribution in [3.8, 4) is 0 Å². The van der Waals surface area contributed by atoms with Gasteiger partial charge in [-0.25, -0.2) is 0 Å². The maximum atomic E-state index is 12.6. The van der Waals surface area contributed by atoms with Gasteiger partial charge in [0.05, 0.1) is 6.42 Å². The van der Waals surface area contributed by atoms with Gasteiger partial charge in [-0.3, -0.25) is 9.59 Å². The van der Waals surface area contributed by atoms with E-state index in [1.807, 2.05) is 23.6 Å². The van der Waals surface area contributed by atoms with Crippen LogP contribution in [0.2, 0.25) is 5.02 Å². The number of nitrogens with one attached hydrogen (secondary N) is 1. The Morgan fingerprint density at radius 3 is 2.95 bits per heavy atom. The molecule has 2 amide bonds. The van der Waals surface area contributed by atoms with E-state index in [0.717, 1.165) is 10.4 Å². The molecule has 1 aromatic heterocycles. The molecule has 1 aliphatic heterocycles. The van der Waals surface area contributed by atoms with Crippen LogP contribution in [0.3, 0.4) is 0 Å². The second kappa shape index (κ2) is 6.50. The monoisotopic (exact) mass is 334 g/mol. The zero-order valence-corrected chi connectivity index (χ0v) is 13.4. The molecule has 1 saturated heterocycles. The van der Waals surface area contributed by atoms with E-state index in [1.54, 1.807) is 34.4 Å². The third kappa shape index (κ3) is 3.15. The number of halogens is 1. The van der Waals surface area contributed by atoms with Gasteiger partial charge in [-0.1, -0.05) is 29.8 Å². The van der Waals surface area contributed by atoms with Crippen molar-refractivity contribution in [3.63, 3.8) is 0 Å². The molecule has 6 heteroatoms. The lowest BCUT2D eigenvalue weighted by Crippen LogP contribution is -2.52. The van der Waals surface area contributed by atoms with E-state index in [-0.39, 0.29) is 11.8 Å². The Balaban J connectivity index is 1.86. The van der Waals surface area contributed by atoms with E-state index < -0.39 is 6.04 Å². The summed E-state index contributed by atoms with van der Waals surface area (Å²) in [7, 11) is 0. The van der Waals surface area contributed by atoms with Crippen LogP contribution in [0.5, 0.6) is 0 Å². The highest BCUT2D eigenvalue weighted by atomic mass is 35.5. The molecule has 1 N–H and O–H groups in total. The van der Waals surface area contributed by atoms with Gasteiger partial charge in [-0.2, -0.15) is 0 Å². The number of piperazine rings is 1. The van der Waals surface area contributed by atoms with Crippen LogP contribution in [0, 0.1) is 0 Å². The van der Waals surface area contributed by atoms with Gasteiger partial charge in [0.2, 0.25) is 11.8 Å². The highest BCUT2D eigenvalue weighted by Crippen LogP contribution is 2.26. The molecule has 1 unspecified atom stereocenters. The van der Waals surface area contributed by atoms with Gasteiger partial charge in [-0.15, -0.1) is 11.3 Å². The van der Waals surface area contributed by atoms with Crippen molar-refractivity contribution in [2.24, 2.45) is 0 Å². The Morgan fingerprint density at radius 2 is 2.23 bits per heavy atom. The molecule has 4 nitrogen and oxygen atoms in total. The number of hydrogen-bond acceptors (Lipinski definition) is 3. The topological polar surface area (TPSA) is 49.4 Å². The lowest BCUT2D eigenvalue weighted by molar-refractivity contribution is -0.143. The first-order valence-electron chi connectivity index (χ1n) is 7.00. The first-order chi connectivity index (χ1) is 10.6. The molecule has 1 fully saturated rings. The van der Waals surface area contributed by atoms with E-state index >= 15 is 0 Å². The lowest BCUT2D eigenvalue weighted by atomic mass is 10.0. The Morgan fingerprint density at radius 1 is 1.36 bits per heavy atom. The van der Waals surface area contributed by atoms with Crippen molar-refractivity contribution in [1.82, 2.24) is 10.2 Å². The predicted octanol–water partition coefficient (Wildman–Crippen LogP) is 2.64. The van der Waals surface area contributed by atoms with Gasteiger partial charge < -0.3 is 10.2 Å². The molecule has 3 rings (SSSR count). The number of hydrogen-bond donors (Lipinski definition) is 1. The zero-order chi connectivity index (χ0) is 15.5. The van der Waals surface area contributed by atoms with E-state index in [9.17, 15) is 9.59 Å². The Labute approximate surface area is 137 Å². The Kier molecular flexibility index (Phi) is 4.45. The van der Waals surface area contributed by atoms with Gasteiger partial charge in [-0.05, 0) is 29.1 Å². The maximum Gasteiger partial charge on any atom is 0.247 e. The number of thiophene rings is 1. The fourth-order valence-electron chi connectivity index (χ4n) is 2.61. The molecule has 0 radical (unpaired) electrons. The highest BCUT2D eigenvalue weighted by Gasteiger charge is 2.34. The van der Waals surface area contributed by atoms with E-state index in [1.165, 1.54) is 0 Å². The largest absolute Gasteiger partial charge is 0.352 e. The second-order valence-corrected chi connectivity index (χ2v) is 6.56. The van der Waals surface area contributed by atoms with Gasteiger partial charge >= 0.3 is 0 Å². The number of benzene rings is 1. The molecule has 0 aliphatic carbocycles. The SMILES string of the molecule is O=C1NCCN(C(=O)Cc2cccs2)C1c1cccc(Cl)c1. The molecular weight excluding hydrogens is 320 g/mol. The average molecular weight is 335 g/mol. The molecular formula is C16H15ClN2O2S. The standard InChI is InChI=1S/C16H15ClN2O2S/c17-12-4-1-3-11(9-12)15-16(21)18-6-7-19(15)14(20)10-13-5-2-8-22-13/h1-5,8-9,15H,6-7,10H2,(H,18,21). The number of carbonyl (C=O) groups excluding carboxylic acids is 2. The summed E-state index contributed by atoms with van der Waals surface area (Å²) in [6.45, 7) is 0.985. The van der Waals surface area contributed by atoms with E-state index in [2.05, 4.69) is 5.32 Å². The first-order valence-corrected chi connectivity index (χ1v) is 8.26. The first kappa shape index (κ1) is 15.1. The average Bonchev–Trinajstić information content (AvgIpc) is 2.99. The van der Waals surface area contributed by atoms with Crippen molar-refractivity contribution >= 4 is 34.8 Å². The van der Waals surface area contributed by atoms with Crippen molar-refractivity contribution in [1.29, 1.82) is 0 Å². The van der Waals surface area contributed by atoms with Crippen LogP contribution in [0.4, 0.5) is 0 Å². The van der Waals surface area contributed by atoms with Crippen LogP contribution in [0.15, 0.2) is 41.8 Å². The molecule has 0 bridgehead atoms. The molecule has 1 atom stereocenters. The Hall–Kier alpha value is -1.85. The minimum Gasteiger partial charge on any atom is -0.352 e. The fraction of sp³-hybridized carbons (Fsp3) is 0.250. The van der Waals surface area contributed by atoms with Crippen LogP contribution < -0.4 is 5.32 Å². The summed E-state index contributed by atoms with van der Waals surface area (Å²) in [4.78, 5) is 27.5. The van der Waals surface area contributed by atoms with E-state index in [0.29, 0.717) is 24.5 Å². The third-order valence-electron chi connectivity index (χ3n) is 3.60. The molecule has 22 heavy (non-hydrogen) atoms. The van der Waals surface area contributed by atoms with Crippen LogP contribution in [0.25, 0.3) is 0 Å². The predicted molar refractivity (Wildman–Crippen MR) is 86.9 cm³/mol. The number of rotatable bonds is 3. The quantitative estimate of drug-likeness (QED) is 0.938. The Bertz CT molecular complexity index is 687. The number of amides is 2. The maximum absolute atomic E-state index is 12.6. The molecule has 1 aromatic carbocycles. The normalized spacial score (nSPS) is 18.1. The number of carbonyl (C=O) groups is 2. The number of nitrogens with zero attached hydrogens (tertiary/aromatic N) is 1. The third-order valence-corrected chi connectivity index (χ3v) is 4.71. The summed E-state index contributed by atoms with van der Waals surface area (Å²) in [6.07, 6.45) is 0.321. The smallest absolute Gasteiger partial charge is 0.247 e. The zero-order valence-electron chi connectivity index (χ0n) is 11.8. The van der Waals surface area contributed by atoms with Crippen LogP contribution in [-0.4, -0.2) is 29.8 Å². The summed E-state index contributed by atoms with van der Waals surface area (Å²) in [5, 5.41) is 5.32. The fourth-order valence-corrected chi connectivity index (χ4v) is 3.50. The van der Waals surface area contributed by atoms with Crippen LogP contribution in [0.1, 0.15) is 16.5 Å². The molecule has 114 valence electrons. The summed E-state index contributed by atoms with van der Waals surface area (Å²) in [6, 6.07) is 10.4. The summed E-state index contributed by atoms with van der Waals surface area (Å²) in [5.74, 6) is -0.199. The summed E-state index contributed by atoms with van der Waals surface area (Å²) in [5.41, 5.74) is 0.740. The summed E-state index contributed by atoms with van der Waals surface area (Å²) < 4.78 is 0. The van der Waals surface area contributed by atoms with Crippen molar-refractivity contribution in [3.05, 3.63) is 57.2 Å². The van der Waals surface area contributed by atoms with Gasteiger partial charge in [0.25, 0.3) is 0 Å². The van der Waals surface area contributed by atoms with Crippen LogP contribution in [-0.2, 0) is 16.0 Å². The van der Waals surface area contributed by atoms with Gasteiger partial charge in [0.15, 0.2) is 0 Å². The van der Waals surface area contributed by atoms with Crippen molar-refractivity contribution < 1.29 is 9.59 Å². The van der Waals surface area contributed by atoms with Crippen molar-refractivity contribution in [2.75, 3.05) is 13.1 Å². The van der Waals surface area contributed by atoms with Crippen molar-refractivity contribution in [2.45, 2.75) is 12.5 Å². The highest BCUT2D eigenvalue weighted by molar-refractivity contribution is 7.10. The van der Waals surface area contributed by atoms with Crippen LogP contribution >= 0.6 is 22.9 Å². The lowest BCUT2D eigenvalue weighted by Gasteiger charge is -2.35. The minimum atomic E-state index is -0.611. The summed E-state index contributed by atoms with van der Waals surface area (Å²) >= 11 is 7.57. The molecule has 2 aromatic rings. The molecule has 0 saturated carbocycles. The molecule has 2 heterocycles. The second-order valence-electron chi connectivity index (χ2n) is 5.09. The minimum absolute atomic E-state index is 0.0396.